The zero-order valence-electron chi connectivity index (χ0n) is 7.69. The summed E-state index contributed by atoms with van der Waals surface area (Å²) in [6.45, 7) is 5.63. The Hall–Kier alpha value is -1.32. The number of nitrogens with zero attached hydrogens (tertiary/aromatic N) is 2. The molecule has 0 aliphatic carbocycles. The summed E-state index contributed by atoms with van der Waals surface area (Å²) in [5.74, 6) is 0.758. The molecule has 4 heteroatoms. The van der Waals surface area contributed by atoms with Crippen LogP contribution < -0.4 is 0 Å². The molecule has 0 spiro atoms. The van der Waals surface area contributed by atoms with Crippen molar-refractivity contribution in [2.24, 2.45) is 4.99 Å². The monoisotopic (exact) mass is 181 g/mol. The van der Waals surface area contributed by atoms with Gasteiger partial charge in [-0.2, -0.15) is 4.99 Å². The van der Waals surface area contributed by atoms with Crippen molar-refractivity contribution in [3.8, 4) is 0 Å². The number of hydrogen-bond donors (Lipinski definition) is 0. The molecule has 1 aliphatic heterocycles. The van der Waals surface area contributed by atoms with Crippen molar-refractivity contribution in [1.82, 2.24) is 4.90 Å². The van der Waals surface area contributed by atoms with Crippen LogP contribution in [-0.2, 0) is 4.74 Å². The molecular formula is C9H13N2O2. The van der Waals surface area contributed by atoms with Gasteiger partial charge < -0.3 is 9.64 Å². The van der Waals surface area contributed by atoms with Gasteiger partial charge in [-0.3, -0.25) is 0 Å². The fraction of sp³-hybridized carbons (Fsp3) is 0.444. The van der Waals surface area contributed by atoms with Crippen LogP contribution in [-0.4, -0.2) is 30.5 Å². The molecule has 0 aromatic heterocycles. The molecule has 1 aliphatic rings. The molecule has 0 saturated carbocycles. The van der Waals surface area contributed by atoms with Crippen molar-refractivity contribution in [3.05, 3.63) is 19.2 Å². The predicted molar refractivity (Wildman–Crippen MR) is 50.3 cm³/mol. The van der Waals surface area contributed by atoms with Gasteiger partial charge in [-0.25, -0.2) is 4.79 Å². The molecule has 1 heterocycles. The third kappa shape index (κ3) is 2.89. The van der Waals surface area contributed by atoms with Crippen molar-refractivity contribution < 1.29 is 9.53 Å². The van der Waals surface area contributed by atoms with Gasteiger partial charge in [0.25, 0.3) is 0 Å². The summed E-state index contributed by atoms with van der Waals surface area (Å²) in [6, 6.07) is 0. The largest absolute Gasteiger partial charge is 0.444 e. The summed E-state index contributed by atoms with van der Waals surface area (Å²) in [4.78, 5) is 16.6. The Kier molecular flexibility index (Phi) is 3.49. The molecule has 0 atom stereocenters. The Morgan fingerprint density at radius 2 is 2.69 bits per heavy atom. The second-order valence-electron chi connectivity index (χ2n) is 2.73. The van der Waals surface area contributed by atoms with E-state index in [0.29, 0.717) is 0 Å². The molecule has 0 unspecified atom stereocenters. The minimum absolute atomic E-state index is 0.211. The molecule has 0 aromatic rings. The third-order valence-electron chi connectivity index (χ3n) is 1.72. The normalized spacial score (nSPS) is 19.2. The first-order valence-electron chi connectivity index (χ1n) is 4.15. The fourth-order valence-corrected chi connectivity index (χ4v) is 1.07. The molecule has 1 fully saturated rings. The van der Waals surface area contributed by atoms with Crippen LogP contribution in [0.1, 0.15) is 12.8 Å². The maximum absolute atomic E-state index is 11.0. The topological polar surface area (TPSA) is 41.9 Å². The Bertz CT molecular complexity index is 236. The van der Waals surface area contributed by atoms with Crippen LogP contribution in [0.3, 0.4) is 0 Å². The van der Waals surface area contributed by atoms with Crippen molar-refractivity contribution in [2.45, 2.75) is 12.8 Å². The van der Waals surface area contributed by atoms with E-state index in [1.807, 2.05) is 18.5 Å². The van der Waals surface area contributed by atoms with Gasteiger partial charge in [-0.1, -0.05) is 12.7 Å². The van der Waals surface area contributed by atoms with Crippen molar-refractivity contribution in [2.75, 3.05) is 13.7 Å². The Balaban J connectivity index is 2.44. The standard InChI is InChI=1S/C9H13N2O2/c1-3-7-13-9(12)10-8-5-4-6-11(8)2/h3,6H,1,4-5,7H2,2H3/b10-8-. The lowest BCUT2D eigenvalue weighted by molar-refractivity contribution is 0.169. The Morgan fingerprint density at radius 3 is 3.23 bits per heavy atom. The van der Waals surface area contributed by atoms with E-state index in [1.165, 1.54) is 6.08 Å². The van der Waals surface area contributed by atoms with Gasteiger partial charge in [0.15, 0.2) is 0 Å². The zero-order valence-corrected chi connectivity index (χ0v) is 7.69. The number of rotatable bonds is 2. The van der Waals surface area contributed by atoms with Crippen LogP contribution in [0, 0.1) is 6.54 Å². The van der Waals surface area contributed by atoms with Crippen LogP contribution in [0.4, 0.5) is 4.79 Å². The molecule has 0 N–H and O–H groups in total. The second-order valence-corrected chi connectivity index (χ2v) is 2.73. The number of amidine groups is 1. The summed E-state index contributed by atoms with van der Waals surface area (Å²) in [7, 11) is 1.87. The maximum Gasteiger partial charge on any atom is 0.435 e. The average molecular weight is 181 g/mol. The molecule has 0 bridgehead atoms. The van der Waals surface area contributed by atoms with Crippen LogP contribution in [0.25, 0.3) is 0 Å². The van der Waals surface area contributed by atoms with E-state index >= 15 is 0 Å². The predicted octanol–water partition coefficient (Wildman–Crippen LogP) is 1.59. The lowest BCUT2D eigenvalue weighted by Crippen LogP contribution is -2.18. The van der Waals surface area contributed by atoms with Crippen molar-refractivity contribution in [1.29, 1.82) is 0 Å². The Morgan fingerprint density at radius 1 is 1.92 bits per heavy atom. The first kappa shape index (κ1) is 9.77. The van der Waals surface area contributed by atoms with E-state index in [9.17, 15) is 4.79 Å². The molecule has 1 rings (SSSR count). The summed E-state index contributed by atoms with van der Waals surface area (Å²) in [5.41, 5.74) is 0. The van der Waals surface area contributed by atoms with E-state index in [-0.39, 0.29) is 6.61 Å². The summed E-state index contributed by atoms with van der Waals surface area (Å²) in [5, 5.41) is 0. The first-order valence-corrected chi connectivity index (χ1v) is 4.15. The zero-order chi connectivity index (χ0) is 9.68. The molecule has 4 nitrogen and oxygen atoms in total. The smallest absolute Gasteiger partial charge is 0.435 e. The minimum Gasteiger partial charge on any atom is -0.444 e. The first-order chi connectivity index (χ1) is 6.24. The number of likely N-dealkylation sites (tertiary alicyclic amines) is 1. The summed E-state index contributed by atoms with van der Waals surface area (Å²) < 4.78 is 4.72. The van der Waals surface area contributed by atoms with Gasteiger partial charge in [0, 0.05) is 13.5 Å². The van der Waals surface area contributed by atoms with Gasteiger partial charge in [0.05, 0.1) is 6.54 Å². The van der Waals surface area contributed by atoms with Crippen LogP contribution >= 0.6 is 0 Å². The number of aliphatic imine (C=N–C) groups is 1. The molecule has 1 radical (unpaired) electrons. The SMILES string of the molecule is C=CCOC(=O)/N=C1/CC[CH]N1C. The van der Waals surface area contributed by atoms with Gasteiger partial charge in [0.1, 0.15) is 12.4 Å². The van der Waals surface area contributed by atoms with E-state index in [1.54, 1.807) is 0 Å². The number of hydrogen-bond acceptors (Lipinski definition) is 2. The highest BCUT2D eigenvalue weighted by atomic mass is 16.5. The molecule has 1 amide bonds. The van der Waals surface area contributed by atoms with Crippen LogP contribution in [0.2, 0.25) is 0 Å². The highest BCUT2D eigenvalue weighted by molar-refractivity contribution is 5.93. The highest BCUT2D eigenvalue weighted by Crippen LogP contribution is 2.13. The van der Waals surface area contributed by atoms with Crippen LogP contribution in [0.5, 0.6) is 0 Å². The lowest BCUT2D eigenvalue weighted by atomic mass is 10.4. The summed E-state index contributed by atoms with van der Waals surface area (Å²) in [6.07, 6.45) is 2.71. The molecule has 0 aromatic carbocycles. The average Bonchev–Trinajstić information content (AvgIpc) is 2.48. The van der Waals surface area contributed by atoms with Gasteiger partial charge in [-0.15, -0.1) is 0 Å². The molecule has 13 heavy (non-hydrogen) atoms. The number of carbonyl (C=O) groups is 1. The fourth-order valence-electron chi connectivity index (χ4n) is 1.07. The number of carbonyl (C=O) groups excluding carboxylic acids is 1. The van der Waals surface area contributed by atoms with Gasteiger partial charge in [0.2, 0.25) is 0 Å². The van der Waals surface area contributed by atoms with E-state index in [0.717, 1.165) is 18.7 Å². The number of ether oxygens (including phenoxy) is 1. The lowest BCUT2D eigenvalue weighted by Gasteiger charge is -2.09. The van der Waals surface area contributed by atoms with Crippen LogP contribution in [0.15, 0.2) is 17.6 Å². The number of amides is 1. The molecule has 1 saturated heterocycles. The summed E-state index contributed by atoms with van der Waals surface area (Å²) >= 11 is 0. The quantitative estimate of drug-likeness (QED) is 0.607. The van der Waals surface area contributed by atoms with Crippen molar-refractivity contribution >= 4 is 11.9 Å². The molecular weight excluding hydrogens is 168 g/mol. The van der Waals surface area contributed by atoms with Crippen molar-refractivity contribution in [3.63, 3.8) is 0 Å². The van der Waals surface area contributed by atoms with E-state index in [2.05, 4.69) is 11.6 Å². The van der Waals surface area contributed by atoms with Gasteiger partial charge in [-0.05, 0) is 6.42 Å². The van der Waals surface area contributed by atoms with E-state index in [4.69, 9.17) is 4.74 Å². The third-order valence-corrected chi connectivity index (χ3v) is 1.72. The van der Waals surface area contributed by atoms with E-state index < -0.39 is 6.09 Å². The Labute approximate surface area is 77.9 Å². The highest BCUT2D eigenvalue weighted by Gasteiger charge is 2.16. The van der Waals surface area contributed by atoms with Gasteiger partial charge >= 0.3 is 6.09 Å². The second kappa shape index (κ2) is 4.64. The minimum atomic E-state index is -0.544. The molecule has 71 valence electrons. The maximum atomic E-state index is 11.0.